The number of hydrogen-bond donors (Lipinski definition) is 2. The highest BCUT2D eigenvalue weighted by atomic mass is 31.2. The molecule has 34 heavy (non-hydrogen) atoms. The minimum absolute atomic E-state index is 0.266. The fourth-order valence-corrected chi connectivity index (χ4v) is 7.57. The number of nitrogens with one attached hydrogen (secondary N) is 2. The molecule has 0 spiro atoms. The molecule has 0 saturated heterocycles. The quantitative estimate of drug-likeness (QED) is 0.194. The van der Waals surface area contributed by atoms with Crippen LogP contribution in [0.3, 0.4) is 0 Å². The van der Waals surface area contributed by atoms with E-state index < -0.39 is 26.8 Å². The molecule has 0 unspecified atom stereocenters. The van der Waals surface area contributed by atoms with E-state index in [1.807, 2.05) is 60.7 Å². The summed E-state index contributed by atoms with van der Waals surface area (Å²) < 4.78 is 49.6. The van der Waals surface area contributed by atoms with Gasteiger partial charge in [0.25, 0.3) is 0 Å². The van der Waals surface area contributed by atoms with Gasteiger partial charge in [0.1, 0.15) is 11.6 Å². The van der Waals surface area contributed by atoms with Crippen LogP contribution in [-0.2, 0) is 27.2 Å². The standard InChI is InChI=1S/C24H38N2O6P2/c1-5-29-33(27,30-6-2)23(21-15-11-9-12-16-21)25-19-20-26-24(22-17-13-10-14-18-22)34(28,31-7-3)32-8-4/h9-18,23-26H,5-8,19-20H2,1-4H3/t23-,24+. The molecular weight excluding hydrogens is 474 g/mol. The molecule has 0 heterocycles. The lowest BCUT2D eigenvalue weighted by molar-refractivity contribution is 0.204. The Labute approximate surface area is 203 Å². The lowest BCUT2D eigenvalue weighted by Gasteiger charge is -2.29. The summed E-state index contributed by atoms with van der Waals surface area (Å²) in [6.07, 6.45) is 0. The van der Waals surface area contributed by atoms with Crippen molar-refractivity contribution in [3.05, 3.63) is 71.8 Å². The van der Waals surface area contributed by atoms with E-state index in [-0.39, 0.29) is 26.4 Å². The molecular formula is C24H38N2O6P2. The summed E-state index contributed by atoms with van der Waals surface area (Å²) in [6.45, 7) is 9.04. The number of benzene rings is 2. The first kappa shape index (κ1) is 28.9. The van der Waals surface area contributed by atoms with Gasteiger partial charge in [0.2, 0.25) is 0 Å². The molecule has 2 aromatic rings. The fraction of sp³-hybridized carbons (Fsp3) is 0.500. The van der Waals surface area contributed by atoms with E-state index in [1.54, 1.807) is 27.7 Å². The molecule has 0 aromatic heterocycles. The number of hydrogen-bond acceptors (Lipinski definition) is 8. The van der Waals surface area contributed by atoms with Crippen LogP contribution in [0.2, 0.25) is 0 Å². The zero-order chi connectivity index (χ0) is 24.9. The molecule has 2 N–H and O–H groups in total. The van der Waals surface area contributed by atoms with Crippen molar-refractivity contribution in [1.29, 1.82) is 0 Å². The SMILES string of the molecule is CCOP(=O)(OCC)[C@H](NCCN[C@@H](c1ccccc1)P(=O)(OCC)OCC)c1ccccc1. The Bertz CT molecular complexity index is 821. The van der Waals surface area contributed by atoms with Crippen LogP contribution in [0.5, 0.6) is 0 Å². The monoisotopic (exact) mass is 512 g/mol. The zero-order valence-electron chi connectivity index (χ0n) is 20.5. The topological polar surface area (TPSA) is 95.1 Å². The lowest BCUT2D eigenvalue weighted by Crippen LogP contribution is -2.33. The third-order valence-corrected chi connectivity index (χ3v) is 9.60. The lowest BCUT2D eigenvalue weighted by atomic mass is 10.2. The maximum atomic E-state index is 13.6. The van der Waals surface area contributed by atoms with Crippen LogP contribution in [-0.4, -0.2) is 39.5 Å². The van der Waals surface area contributed by atoms with Crippen LogP contribution in [0.1, 0.15) is 50.4 Å². The molecule has 10 heteroatoms. The Morgan fingerprint density at radius 1 is 0.588 bits per heavy atom. The molecule has 0 aliphatic rings. The first-order chi connectivity index (χ1) is 16.4. The van der Waals surface area contributed by atoms with E-state index in [0.29, 0.717) is 13.1 Å². The molecule has 0 fully saturated rings. The van der Waals surface area contributed by atoms with Gasteiger partial charge in [0.05, 0.1) is 26.4 Å². The molecule has 0 aliphatic carbocycles. The van der Waals surface area contributed by atoms with Gasteiger partial charge in [-0.15, -0.1) is 0 Å². The summed E-state index contributed by atoms with van der Waals surface area (Å²) >= 11 is 0. The Morgan fingerprint density at radius 2 is 0.882 bits per heavy atom. The first-order valence-electron chi connectivity index (χ1n) is 11.8. The molecule has 8 nitrogen and oxygen atoms in total. The smallest absolute Gasteiger partial charge is 0.308 e. The second-order valence-electron chi connectivity index (χ2n) is 7.29. The molecule has 0 saturated carbocycles. The second kappa shape index (κ2) is 14.9. The molecule has 0 amide bonds. The molecule has 0 bridgehead atoms. The van der Waals surface area contributed by atoms with Gasteiger partial charge in [0, 0.05) is 13.1 Å². The van der Waals surface area contributed by atoms with Crippen molar-refractivity contribution in [1.82, 2.24) is 10.6 Å². The predicted molar refractivity (Wildman–Crippen MR) is 136 cm³/mol. The van der Waals surface area contributed by atoms with Gasteiger partial charge in [-0.3, -0.25) is 19.8 Å². The third kappa shape index (κ3) is 8.11. The minimum atomic E-state index is -3.47. The summed E-state index contributed by atoms with van der Waals surface area (Å²) in [5.74, 6) is -1.28. The van der Waals surface area contributed by atoms with Crippen molar-refractivity contribution < 1.29 is 27.2 Å². The average Bonchev–Trinajstić information content (AvgIpc) is 2.83. The van der Waals surface area contributed by atoms with Gasteiger partial charge in [-0.2, -0.15) is 0 Å². The van der Waals surface area contributed by atoms with Crippen molar-refractivity contribution in [2.45, 2.75) is 39.3 Å². The Hall–Kier alpha value is -1.34. The Balaban J connectivity index is 2.20. The normalized spacial score (nSPS) is 14.1. The predicted octanol–water partition coefficient (Wildman–Crippen LogP) is 6.10. The first-order valence-corrected chi connectivity index (χ1v) is 15.0. The molecule has 2 rings (SSSR count). The molecule has 2 atom stereocenters. The molecule has 0 radical (unpaired) electrons. The van der Waals surface area contributed by atoms with Gasteiger partial charge in [-0.1, -0.05) is 60.7 Å². The van der Waals surface area contributed by atoms with Gasteiger partial charge in [0.15, 0.2) is 0 Å². The summed E-state index contributed by atoms with van der Waals surface area (Å²) in [5, 5.41) is 6.64. The fourth-order valence-electron chi connectivity index (χ4n) is 3.61. The average molecular weight is 513 g/mol. The second-order valence-corrected chi connectivity index (χ2v) is 11.5. The van der Waals surface area contributed by atoms with E-state index in [2.05, 4.69) is 10.6 Å². The highest BCUT2D eigenvalue weighted by Gasteiger charge is 2.38. The summed E-state index contributed by atoms with van der Waals surface area (Å²) in [6, 6.07) is 18.9. The van der Waals surface area contributed by atoms with Crippen LogP contribution >= 0.6 is 15.2 Å². The number of rotatable bonds is 17. The summed E-state index contributed by atoms with van der Waals surface area (Å²) in [4.78, 5) is 0. The molecule has 2 aromatic carbocycles. The van der Waals surface area contributed by atoms with Crippen LogP contribution in [0.4, 0.5) is 0 Å². The van der Waals surface area contributed by atoms with Crippen LogP contribution < -0.4 is 10.6 Å². The van der Waals surface area contributed by atoms with E-state index in [1.165, 1.54) is 0 Å². The van der Waals surface area contributed by atoms with Crippen molar-refractivity contribution in [3.63, 3.8) is 0 Å². The van der Waals surface area contributed by atoms with Crippen molar-refractivity contribution >= 4 is 15.2 Å². The zero-order valence-corrected chi connectivity index (χ0v) is 22.3. The maximum absolute atomic E-state index is 13.6. The van der Waals surface area contributed by atoms with E-state index in [0.717, 1.165) is 11.1 Å². The van der Waals surface area contributed by atoms with Crippen LogP contribution in [0.15, 0.2) is 60.7 Å². The van der Waals surface area contributed by atoms with E-state index in [4.69, 9.17) is 18.1 Å². The van der Waals surface area contributed by atoms with Gasteiger partial charge in [-0.25, -0.2) is 0 Å². The highest BCUT2D eigenvalue weighted by molar-refractivity contribution is 7.54. The van der Waals surface area contributed by atoms with Crippen LogP contribution in [0.25, 0.3) is 0 Å². The Kier molecular flexibility index (Phi) is 12.7. The van der Waals surface area contributed by atoms with Crippen molar-refractivity contribution in [3.8, 4) is 0 Å². The van der Waals surface area contributed by atoms with Crippen molar-refractivity contribution in [2.24, 2.45) is 0 Å². The van der Waals surface area contributed by atoms with Crippen molar-refractivity contribution in [2.75, 3.05) is 39.5 Å². The Morgan fingerprint density at radius 3 is 1.15 bits per heavy atom. The minimum Gasteiger partial charge on any atom is -0.308 e. The summed E-state index contributed by atoms with van der Waals surface area (Å²) in [5.41, 5.74) is 1.61. The summed E-state index contributed by atoms with van der Waals surface area (Å²) in [7, 11) is -6.94. The maximum Gasteiger partial charge on any atom is 0.351 e. The largest absolute Gasteiger partial charge is 0.351 e. The molecule has 0 aliphatic heterocycles. The van der Waals surface area contributed by atoms with E-state index in [9.17, 15) is 9.13 Å². The van der Waals surface area contributed by atoms with Crippen LogP contribution in [0, 0.1) is 0 Å². The van der Waals surface area contributed by atoms with Gasteiger partial charge < -0.3 is 18.1 Å². The third-order valence-electron chi connectivity index (χ3n) is 4.90. The highest BCUT2D eigenvalue weighted by Crippen LogP contribution is 2.60. The molecule has 190 valence electrons. The van der Waals surface area contributed by atoms with E-state index >= 15 is 0 Å². The van der Waals surface area contributed by atoms with Gasteiger partial charge in [-0.05, 0) is 38.8 Å². The van der Waals surface area contributed by atoms with Gasteiger partial charge >= 0.3 is 15.2 Å².